The summed E-state index contributed by atoms with van der Waals surface area (Å²) in [5.74, 6) is -0.332. The van der Waals surface area contributed by atoms with Crippen molar-refractivity contribution in [1.29, 1.82) is 0 Å². The Balaban J connectivity index is 1.76. The van der Waals surface area contributed by atoms with E-state index in [2.05, 4.69) is 10.1 Å². The molecule has 3 aromatic heterocycles. The highest BCUT2D eigenvalue weighted by Gasteiger charge is 2.42. The van der Waals surface area contributed by atoms with Crippen LogP contribution in [0.25, 0.3) is 4.96 Å². The monoisotopic (exact) mass is 487 g/mol. The zero-order valence-corrected chi connectivity index (χ0v) is 17.0. The molecule has 0 amide bonds. The van der Waals surface area contributed by atoms with Gasteiger partial charge in [0.05, 0.1) is 18.3 Å². The molecule has 4 heterocycles. The Hall–Kier alpha value is -2.32. The summed E-state index contributed by atoms with van der Waals surface area (Å²) in [5.41, 5.74) is -2.12. The number of halogens is 7. The quantitative estimate of drug-likeness (QED) is 0.527. The first-order valence-electron chi connectivity index (χ1n) is 8.59. The molecule has 168 valence electrons. The number of thiazole rings is 1. The summed E-state index contributed by atoms with van der Waals surface area (Å²) in [7, 11) is 1.43. The maximum Gasteiger partial charge on any atom is 0.435 e. The highest BCUT2D eigenvalue weighted by molar-refractivity contribution is 7.17. The lowest BCUT2D eigenvalue weighted by atomic mass is 10.1. The zero-order valence-electron chi connectivity index (χ0n) is 15.5. The van der Waals surface area contributed by atoms with Gasteiger partial charge >= 0.3 is 12.4 Å². The first-order valence-corrected chi connectivity index (χ1v) is 9.79. The van der Waals surface area contributed by atoms with Crippen molar-refractivity contribution in [2.75, 3.05) is 25.1 Å². The number of methoxy groups -OCH3 is 1. The minimum Gasteiger partial charge on any atom is -0.378 e. The van der Waals surface area contributed by atoms with Gasteiger partial charge in [0.25, 0.3) is 5.56 Å². The minimum absolute atomic E-state index is 0.0800. The Morgan fingerprint density at radius 3 is 2.42 bits per heavy atom. The van der Waals surface area contributed by atoms with Gasteiger partial charge in [0.1, 0.15) is 11.0 Å². The number of alkyl halides is 6. The number of anilines is 1. The van der Waals surface area contributed by atoms with E-state index < -0.39 is 35.0 Å². The van der Waals surface area contributed by atoms with Gasteiger partial charge in [-0.05, 0) is 0 Å². The summed E-state index contributed by atoms with van der Waals surface area (Å²) >= 11 is 6.04. The van der Waals surface area contributed by atoms with Crippen LogP contribution in [0.4, 0.5) is 32.2 Å². The van der Waals surface area contributed by atoms with E-state index in [1.165, 1.54) is 12.0 Å². The maximum absolute atomic E-state index is 13.6. The second kappa shape index (κ2) is 7.38. The standard InChI is InChI=1S/C16H12ClF6N5O2S/c1-30-8-5-26(6-8)13-12(16(21,22)23)31-14-24-7(2-11(29)28(13)14)4-27-10(17)3-9(25-27)15(18,19)20/h2-3,8H,4-6H2,1H3. The largest absolute Gasteiger partial charge is 0.435 e. The van der Waals surface area contributed by atoms with E-state index in [0.717, 1.165) is 15.1 Å². The Kier molecular flexibility index (Phi) is 5.21. The van der Waals surface area contributed by atoms with Crippen LogP contribution in [0, 0.1) is 0 Å². The van der Waals surface area contributed by atoms with Crippen LogP contribution >= 0.6 is 22.9 Å². The molecule has 31 heavy (non-hydrogen) atoms. The SMILES string of the molecule is COC1CN(c2c(C(F)(F)F)sc3nc(Cn4nc(C(F)(F)F)cc4Cl)cc(=O)n23)C1. The summed E-state index contributed by atoms with van der Waals surface area (Å²) in [6.45, 7) is -0.0872. The van der Waals surface area contributed by atoms with Crippen molar-refractivity contribution in [3.63, 3.8) is 0 Å². The van der Waals surface area contributed by atoms with Gasteiger partial charge in [0.15, 0.2) is 15.5 Å². The first-order chi connectivity index (χ1) is 14.4. The van der Waals surface area contributed by atoms with Crippen LogP contribution in [-0.2, 0) is 23.6 Å². The molecule has 1 fully saturated rings. The number of hydrogen-bond acceptors (Lipinski definition) is 6. The van der Waals surface area contributed by atoms with Gasteiger partial charge in [-0.25, -0.2) is 14.1 Å². The van der Waals surface area contributed by atoms with Crippen molar-refractivity contribution in [1.82, 2.24) is 19.2 Å². The Morgan fingerprint density at radius 1 is 1.19 bits per heavy atom. The molecule has 15 heteroatoms. The first kappa shape index (κ1) is 21.9. The molecule has 0 aromatic carbocycles. The molecular weight excluding hydrogens is 476 g/mol. The minimum atomic E-state index is -4.73. The van der Waals surface area contributed by atoms with Crippen LogP contribution in [0.2, 0.25) is 5.15 Å². The highest BCUT2D eigenvalue weighted by atomic mass is 35.5. The van der Waals surface area contributed by atoms with Crippen LogP contribution in [0.1, 0.15) is 16.3 Å². The molecular formula is C16H12ClF6N5O2S. The maximum atomic E-state index is 13.6. The molecule has 0 aliphatic carbocycles. The van der Waals surface area contributed by atoms with Crippen molar-refractivity contribution in [2.45, 2.75) is 25.0 Å². The molecule has 0 spiro atoms. The summed E-state index contributed by atoms with van der Waals surface area (Å²) in [6, 6.07) is 1.55. The lowest BCUT2D eigenvalue weighted by molar-refractivity contribution is -0.141. The molecule has 0 saturated carbocycles. The van der Waals surface area contributed by atoms with Gasteiger partial charge in [0.2, 0.25) is 0 Å². The van der Waals surface area contributed by atoms with Gasteiger partial charge in [-0.1, -0.05) is 22.9 Å². The number of aromatic nitrogens is 4. The Labute approximate surface area is 178 Å². The number of nitrogens with zero attached hydrogens (tertiary/aromatic N) is 5. The zero-order chi connectivity index (χ0) is 22.7. The van der Waals surface area contributed by atoms with Crippen molar-refractivity contribution in [3.8, 4) is 0 Å². The highest BCUT2D eigenvalue weighted by Crippen LogP contribution is 2.43. The van der Waals surface area contributed by atoms with E-state index in [1.807, 2.05) is 0 Å². The summed E-state index contributed by atoms with van der Waals surface area (Å²) in [6.07, 6.45) is -9.72. The van der Waals surface area contributed by atoms with Gasteiger partial charge in [0, 0.05) is 32.3 Å². The van der Waals surface area contributed by atoms with Crippen LogP contribution in [0.5, 0.6) is 0 Å². The molecule has 1 saturated heterocycles. The number of fused-ring (bicyclic) bond motifs is 1. The predicted molar refractivity (Wildman–Crippen MR) is 98.7 cm³/mol. The molecule has 7 nitrogen and oxygen atoms in total. The van der Waals surface area contributed by atoms with E-state index in [1.54, 1.807) is 0 Å². The number of hydrogen-bond donors (Lipinski definition) is 0. The summed E-state index contributed by atoms with van der Waals surface area (Å²) < 4.78 is 85.9. The summed E-state index contributed by atoms with van der Waals surface area (Å²) in [5, 5.41) is 2.97. The molecule has 1 aliphatic heterocycles. The van der Waals surface area contributed by atoms with E-state index in [4.69, 9.17) is 16.3 Å². The lowest BCUT2D eigenvalue weighted by Crippen LogP contribution is -2.53. The van der Waals surface area contributed by atoms with Crippen molar-refractivity contribution < 1.29 is 31.1 Å². The van der Waals surface area contributed by atoms with E-state index >= 15 is 0 Å². The van der Waals surface area contributed by atoms with E-state index in [0.29, 0.717) is 6.07 Å². The Morgan fingerprint density at radius 2 is 1.87 bits per heavy atom. The van der Waals surface area contributed by atoms with Gasteiger partial charge in [-0.3, -0.25) is 4.79 Å². The Bertz CT molecular complexity index is 1190. The summed E-state index contributed by atoms with van der Waals surface area (Å²) in [4.78, 5) is 16.8. The molecule has 0 atom stereocenters. The second-order valence-electron chi connectivity index (χ2n) is 6.73. The smallest absolute Gasteiger partial charge is 0.378 e. The van der Waals surface area contributed by atoms with Crippen molar-refractivity contribution in [3.05, 3.63) is 43.9 Å². The predicted octanol–water partition coefficient (Wildman–Crippen LogP) is 3.53. The van der Waals surface area contributed by atoms with Gasteiger partial charge in [-0.2, -0.15) is 31.4 Å². The topological polar surface area (TPSA) is 64.7 Å². The van der Waals surface area contributed by atoms with Gasteiger partial charge < -0.3 is 9.64 Å². The van der Waals surface area contributed by atoms with E-state index in [-0.39, 0.29) is 52.2 Å². The van der Waals surface area contributed by atoms with Gasteiger partial charge in [-0.15, -0.1) is 0 Å². The third kappa shape index (κ3) is 3.99. The second-order valence-corrected chi connectivity index (χ2v) is 8.09. The molecule has 0 radical (unpaired) electrons. The van der Waals surface area contributed by atoms with Crippen molar-refractivity contribution >= 4 is 33.7 Å². The normalized spacial score (nSPS) is 15.7. The average Bonchev–Trinajstić information content (AvgIpc) is 3.15. The molecule has 4 rings (SSSR count). The number of rotatable bonds is 4. The lowest BCUT2D eigenvalue weighted by Gasteiger charge is -2.39. The fourth-order valence-corrected chi connectivity index (χ4v) is 4.36. The van der Waals surface area contributed by atoms with Crippen molar-refractivity contribution in [2.24, 2.45) is 0 Å². The van der Waals surface area contributed by atoms with Crippen LogP contribution in [0.15, 0.2) is 16.9 Å². The van der Waals surface area contributed by atoms with E-state index in [9.17, 15) is 31.1 Å². The molecule has 1 aliphatic rings. The fraction of sp³-hybridized carbons (Fsp3) is 0.438. The molecule has 0 N–H and O–H groups in total. The van der Waals surface area contributed by atoms with Crippen LogP contribution in [-0.4, -0.2) is 45.5 Å². The molecule has 3 aromatic rings. The third-order valence-corrected chi connectivity index (χ3v) is 6.00. The fourth-order valence-electron chi connectivity index (χ4n) is 3.12. The number of ether oxygens (including phenoxy) is 1. The molecule has 0 unspecified atom stereocenters. The van der Waals surface area contributed by atoms with Crippen LogP contribution < -0.4 is 10.5 Å². The molecule has 0 bridgehead atoms. The van der Waals surface area contributed by atoms with Crippen LogP contribution in [0.3, 0.4) is 0 Å². The average molecular weight is 488 g/mol. The third-order valence-electron chi connectivity index (χ3n) is 4.62.